The van der Waals surface area contributed by atoms with Crippen LogP contribution in [0.25, 0.3) is 0 Å². The van der Waals surface area contributed by atoms with Crippen molar-refractivity contribution in [2.75, 3.05) is 0 Å². The summed E-state index contributed by atoms with van der Waals surface area (Å²) in [6.45, 7) is 4.85. The minimum atomic E-state index is -0.923. The fourth-order valence-corrected chi connectivity index (χ4v) is 0.254. The minimum absolute atomic E-state index is 0.664. The van der Waals surface area contributed by atoms with Crippen LogP contribution in [-0.4, -0.2) is 23.3 Å². The zero-order valence-electron chi connectivity index (χ0n) is 5.24. The van der Waals surface area contributed by atoms with Gasteiger partial charge < -0.3 is 5.11 Å². The average Bonchev–Trinajstić information content (AvgIpc) is 1.82. The largest absolute Gasteiger partial charge is 0.480 e. The first-order valence-corrected chi connectivity index (χ1v) is 2.55. The van der Waals surface area contributed by atoms with E-state index in [1.54, 1.807) is 0 Å². The summed E-state index contributed by atoms with van der Waals surface area (Å²) in [5, 5.41) is 8.26. The van der Waals surface area contributed by atoms with Crippen LogP contribution in [0.5, 0.6) is 0 Å². The van der Waals surface area contributed by atoms with E-state index in [4.69, 9.17) is 5.11 Å². The lowest BCUT2D eigenvalue weighted by molar-refractivity contribution is -0.137. The molecule has 0 heterocycles. The van der Waals surface area contributed by atoms with Gasteiger partial charge >= 0.3 is 5.97 Å². The van der Waals surface area contributed by atoms with Crippen LogP contribution in [0.2, 0.25) is 0 Å². The van der Waals surface area contributed by atoms with E-state index in [2.05, 4.69) is 11.6 Å². The number of hydrogen-bond acceptors (Lipinski definition) is 2. The lowest BCUT2D eigenvalue weighted by Gasteiger charge is -1.94. The quantitative estimate of drug-likeness (QED) is 0.568. The van der Waals surface area contributed by atoms with Crippen LogP contribution in [0.4, 0.5) is 0 Å². The fraction of sp³-hybridized carbons (Fsp3) is 0.333. The van der Waals surface area contributed by atoms with Crippen molar-refractivity contribution in [1.82, 2.24) is 0 Å². The number of rotatable bonds is 3. The summed E-state index contributed by atoms with van der Waals surface area (Å²) in [7, 11) is 0. The van der Waals surface area contributed by atoms with Crippen LogP contribution in [0.1, 0.15) is 6.92 Å². The molecule has 0 bridgehead atoms. The Balaban J connectivity index is 3.75. The Morgan fingerprint density at radius 3 is 2.78 bits per heavy atom. The molecule has 0 radical (unpaired) electrons. The number of allylic oxidation sites excluding steroid dienone is 1. The lowest BCUT2D eigenvalue weighted by atomic mass is 10.4. The normalized spacial score (nSPS) is 13.4. The fourth-order valence-electron chi connectivity index (χ4n) is 0.254. The molecule has 0 aromatic carbocycles. The van der Waals surface area contributed by atoms with Gasteiger partial charge in [-0.05, 0) is 6.92 Å². The van der Waals surface area contributed by atoms with Gasteiger partial charge in [0.25, 0.3) is 0 Å². The predicted molar refractivity (Wildman–Crippen MR) is 35.8 cm³/mol. The molecule has 0 aliphatic heterocycles. The number of carbonyl (C=O) groups is 1. The van der Waals surface area contributed by atoms with Gasteiger partial charge in [-0.1, -0.05) is 12.7 Å². The highest BCUT2D eigenvalue weighted by atomic mass is 16.4. The second kappa shape index (κ2) is 3.83. The summed E-state index contributed by atoms with van der Waals surface area (Å²) in [5.74, 6) is -0.923. The van der Waals surface area contributed by atoms with Crippen molar-refractivity contribution in [3.05, 3.63) is 12.7 Å². The molecule has 3 nitrogen and oxygen atoms in total. The second-order valence-corrected chi connectivity index (χ2v) is 1.55. The summed E-state index contributed by atoms with van der Waals surface area (Å²) in [4.78, 5) is 13.7. The molecule has 0 unspecified atom stereocenters. The number of hydrogen-bond donors (Lipinski definition) is 1. The van der Waals surface area contributed by atoms with E-state index in [0.29, 0.717) is 0 Å². The summed E-state index contributed by atoms with van der Waals surface area (Å²) >= 11 is 0. The van der Waals surface area contributed by atoms with Gasteiger partial charge in [0.1, 0.15) is 6.04 Å². The van der Waals surface area contributed by atoms with Gasteiger partial charge in [-0.15, -0.1) is 0 Å². The third-order valence-electron chi connectivity index (χ3n) is 0.772. The van der Waals surface area contributed by atoms with Crippen LogP contribution in [0, 0.1) is 0 Å². The van der Waals surface area contributed by atoms with E-state index >= 15 is 0 Å². The Hall–Kier alpha value is -1.12. The molecule has 0 aliphatic rings. The molecule has 3 heteroatoms. The minimum Gasteiger partial charge on any atom is -0.480 e. The standard InChI is InChI=1S/C6H9NO2/c1-3-4-7-5(2)6(8)9/h3-5H,1H2,2H3,(H,8,9)/t5-/m0/s1. The van der Waals surface area contributed by atoms with Crippen LogP contribution < -0.4 is 0 Å². The summed E-state index contributed by atoms with van der Waals surface area (Å²) in [6, 6.07) is -0.664. The molecular formula is C6H9NO2. The molecule has 0 amide bonds. The van der Waals surface area contributed by atoms with Gasteiger partial charge in [-0.25, -0.2) is 4.79 Å². The molecule has 0 aromatic rings. The van der Waals surface area contributed by atoms with E-state index in [0.717, 1.165) is 0 Å². The monoisotopic (exact) mass is 127 g/mol. The first-order valence-electron chi connectivity index (χ1n) is 2.55. The Labute approximate surface area is 53.7 Å². The van der Waals surface area contributed by atoms with Gasteiger partial charge in [0.15, 0.2) is 0 Å². The van der Waals surface area contributed by atoms with Crippen molar-refractivity contribution in [2.45, 2.75) is 13.0 Å². The maximum Gasteiger partial charge on any atom is 0.328 e. The highest BCUT2D eigenvalue weighted by Gasteiger charge is 2.04. The highest BCUT2D eigenvalue weighted by Crippen LogP contribution is 1.85. The zero-order valence-corrected chi connectivity index (χ0v) is 5.24. The molecule has 9 heavy (non-hydrogen) atoms. The van der Waals surface area contributed by atoms with Gasteiger partial charge in [0.05, 0.1) is 0 Å². The number of aliphatic imine (C=N–C) groups is 1. The Bertz CT molecular complexity index is 140. The smallest absolute Gasteiger partial charge is 0.328 e. The Morgan fingerprint density at radius 1 is 1.89 bits per heavy atom. The van der Waals surface area contributed by atoms with E-state index in [-0.39, 0.29) is 0 Å². The number of carboxylic acids is 1. The Kier molecular flexibility index (Phi) is 3.35. The number of nitrogens with zero attached hydrogens (tertiary/aromatic N) is 1. The SMILES string of the molecule is C=CC=N[C@@H](C)C(=O)O. The van der Waals surface area contributed by atoms with E-state index < -0.39 is 12.0 Å². The van der Waals surface area contributed by atoms with E-state index in [1.165, 1.54) is 19.2 Å². The first-order chi connectivity index (χ1) is 4.18. The summed E-state index contributed by atoms with van der Waals surface area (Å²) in [6.07, 6.45) is 2.82. The molecule has 1 N–H and O–H groups in total. The van der Waals surface area contributed by atoms with Crippen LogP contribution in [0.3, 0.4) is 0 Å². The molecule has 0 aromatic heterocycles. The predicted octanol–water partition coefficient (Wildman–Crippen LogP) is 0.716. The second-order valence-electron chi connectivity index (χ2n) is 1.55. The molecule has 1 atom stereocenters. The third kappa shape index (κ3) is 3.46. The highest BCUT2D eigenvalue weighted by molar-refractivity contribution is 5.78. The lowest BCUT2D eigenvalue weighted by Crippen LogP contribution is -2.12. The third-order valence-corrected chi connectivity index (χ3v) is 0.772. The van der Waals surface area contributed by atoms with E-state index in [9.17, 15) is 4.79 Å². The van der Waals surface area contributed by atoms with Crippen LogP contribution in [0.15, 0.2) is 17.6 Å². The maximum absolute atomic E-state index is 10.1. The number of carboxylic acid groups (broad SMARTS) is 1. The maximum atomic E-state index is 10.1. The van der Waals surface area contributed by atoms with Crippen LogP contribution in [-0.2, 0) is 4.79 Å². The average molecular weight is 127 g/mol. The van der Waals surface area contributed by atoms with Gasteiger partial charge in [0, 0.05) is 6.21 Å². The van der Waals surface area contributed by atoms with Crippen molar-refractivity contribution < 1.29 is 9.90 Å². The first kappa shape index (κ1) is 7.88. The molecule has 0 rings (SSSR count). The van der Waals surface area contributed by atoms with Gasteiger partial charge in [-0.2, -0.15) is 0 Å². The molecule has 0 fully saturated rings. The van der Waals surface area contributed by atoms with E-state index in [1.807, 2.05) is 0 Å². The summed E-state index contributed by atoms with van der Waals surface area (Å²) in [5.41, 5.74) is 0. The summed E-state index contributed by atoms with van der Waals surface area (Å²) < 4.78 is 0. The zero-order chi connectivity index (χ0) is 7.28. The molecule has 0 saturated heterocycles. The van der Waals surface area contributed by atoms with Crippen LogP contribution >= 0.6 is 0 Å². The molecule has 0 spiro atoms. The number of aliphatic carboxylic acids is 1. The van der Waals surface area contributed by atoms with Crippen molar-refractivity contribution in [3.63, 3.8) is 0 Å². The Morgan fingerprint density at radius 2 is 2.44 bits per heavy atom. The topological polar surface area (TPSA) is 49.7 Å². The molecule has 0 saturated carbocycles. The van der Waals surface area contributed by atoms with Crippen molar-refractivity contribution in [3.8, 4) is 0 Å². The van der Waals surface area contributed by atoms with Gasteiger partial charge in [-0.3, -0.25) is 4.99 Å². The van der Waals surface area contributed by atoms with Gasteiger partial charge in [0.2, 0.25) is 0 Å². The molecule has 50 valence electrons. The van der Waals surface area contributed by atoms with Crippen molar-refractivity contribution in [2.24, 2.45) is 4.99 Å². The molecule has 0 aliphatic carbocycles. The van der Waals surface area contributed by atoms with Crippen molar-refractivity contribution >= 4 is 12.2 Å². The molecular weight excluding hydrogens is 118 g/mol. The van der Waals surface area contributed by atoms with Crippen molar-refractivity contribution in [1.29, 1.82) is 0 Å².